The summed E-state index contributed by atoms with van der Waals surface area (Å²) < 4.78 is 1.92. The second-order valence-corrected chi connectivity index (χ2v) is 12.0. The predicted octanol–water partition coefficient (Wildman–Crippen LogP) is 4.23. The number of rotatable bonds is 4. The minimum absolute atomic E-state index is 0.0555. The Balaban J connectivity index is 1.31. The number of carbonyl (C=O) groups is 1. The largest absolute Gasteiger partial charge is 0.395 e. The van der Waals surface area contributed by atoms with E-state index in [1.54, 1.807) is 12.5 Å². The van der Waals surface area contributed by atoms with Gasteiger partial charge in [0.25, 0.3) is 0 Å². The maximum absolute atomic E-state index is 13.3. The van der Waals surface area contributed by atoms with Crippen LogP contribution in [0.5, 0.6) is 0 Å². The first kappa shape index (κ1) is 23.1. The van der Waals surface area contributed by atoms with Gasteiger partial charge in [0, 0.05) is 24.7 Å². The molecule has 33 heavy (non-hydrogen) atoms. The lowest BCUT2D eigenvalue weighted by atomic mass is 9.44. The van der Waals surface area contributed by atoms with E-state index in [9.17, 15) is 9.90 Å². The third-order valence-electron chi connectivity index (χ3n) is 10.6. The quantitative estimate of drug-likeness (QED) is 0.671. The van der Waals surface area contributed by atoms with Crippen LogP contribution in [0.2, 0.25) is 0 Å². The van der Waals surface area contributed by atoms with Crippen molar-refractivity contribution in [2.75, 3.05) is 6.61 Å². The van der Waals surface area contributed by atoms with Crippen LogP contribution in [-0.2, 0) is 11.3 Å². The van der Waals surface area contributed by atoms with E-state index in [0.717, 1.165) is 32.1 Å². The van der Waals surface area contributed by atoms with Crippen LogP contribution in [0.15, 0.2) is 18.7 Å². The van der Waals surface area contributed by atoms with Gasteiger partial charge in [-0.15, -0.1) is 0 Å². The summed E-state index contributed by atoms with van der Waals surface area (Å²) in [6, 6.07) is 0. The number of aliphatic hydroxyl groups is 2. The normalized spacial score (nSPS) is 44.2. The van der Waals surface area contributed by atoms with E-state index >= 15 is 0 Å². The maximum atomic E-state index is 13.3. The highest BCUT2D eigenvalue weighted by molar-refractivity contribution is 5.82. The molecule has 0 amide bonds. The highest BCUT2D eigenvalue weighted by atomic mass is 16.3. The predicted molar refractivity (Wildman–Crippen MR) is 127 cm³/mol. The molecule has 0 radical (unpaired) electrons. The summed E-state index contributed by atoms with van der Waals surface area (Å²) in [6.45, 7) is 5.42. The van der Waals surface area contributed by atoms with Crippen LogP contribution < -0.4 is 0 Å². The fourth-order valence-corrected chi connectivity index (χ4v) is 8.84. The zero-order valence-corrected chi connectivity index (χ0v) is 20.3. The molecule has 0 aliphatic heterocycles. The Morgan fingerprint density at radius 3 is 2.67 bits per heavy atom. The fourth-order valence-electron chi connectivity index (χ4n) is 8.84. The van der Waals surface area contributed by atoms with Crippen molar-refractivity contribution in [1.82, 2.24) is 9.55 Å². The zero-order chi connectivity index (χ0) is 23.3. The first-order valence-corrected chi connectivity index (χ1v) is 13.1. The van der Waals surface area contributed by atoms with E-state index in [4.69, 9.17) is 5.11 Å². The summed E-state index contributed by atoms with van der Waals surface area (Å²) >= 11 is 0. The molecule has 1 heterocycles. The number of imidazole rings is 1. The van der Waals surface area contributed by atoms with Gasteiger partial charge in [-0.2, -0.15) is 0 Å². The molecule has 4 fully saturated rings. The van der Waals surface area contributed by atoms with Crippen LogP contribution >= 0.6 is 0 Å². The van der Waals surface area contributed by atoms with Crippen molar-refractivity contribution in [3.05, 3.63) is 18.7 Å². The van der Waals surface area contributed by atoms with Crippen LogP contribution in [0.25, 0.3) is 0 Å². The molecule has 0 aromatic carbocycles. The monoisotopic (exact) mass is 452 g/mol. The molecule has 8 atom stereocenters. The zero-order valence-electron chi connectivity index (χ0n) is 20.3. The number of hydrogen-bond acceptors (Lipinski definition) is 4. The molecule has 4 aliphatic carbocycles. The molecule has 0 saturated heterocycles. The van der Waals surface area contributed by atoms with Crippen LogP contribution in [0, 0.1) is 52.3 Å². The summed E-state index contributed by atoms with van der Waals surface area (Å²) in [4.78, 5) is 17.4. The molecule has 180 valence electrons. The van der Waals surface area contributed by atoms with E-state index in [1.165, 1.54) is 25.7 Å². The summed E-state index contributed by atoms with van der Waals surface area (Å²) in [6.07, 6.45) is 15.4. The fraction of sp³-hybridized carbons (Fsp3) is 0.786. The van der Waals surface area contributed by atoms with Crippen molar-refractivity contribution in [3.63, 3.8) is 0 Å². The number of fused-ring (bicyclic) bond motifs is 5. The molecule has 4 aliphatic rings. The van der Waals surface area contributed by atoms with Gasteiger partial charge >= 0.3 is 0 Å². The van der Waals surface area contributed by atoms with Gasteiger partial charge in [0.05, 0.1) is 19.5 Å². The van der Waals surface area contributed by atoms with Crippen molar-refractivity contribution in [2.45, 2.75) is 90.2 Å². The number of aromatic nitrogens is 2. The molecule has 4 unspecified atom stereocenters. The molecule has 0 bridgehead atoms. The van der Waals surface area contributed by atoms with E-state index in [0.29, 0.717) is 42.4 Å². The van der Waals surface area contributed by atoms with Crippen molar-refractivity contribution < 1.29 is 15.0 Å². The Morgan fingerprint density at radius 1 is 1.09 bits per heavy atom. The van der Waals surface area contributed by atoms with E-state index in [-0.39, 0.29) is 23.4 Å². The minimum Gasteiger partial charge on any atom is -0.395 e. The standard InChI is InChI=1S/C28H40N2O3/c1-26-12-13-28(33,10-3-4-16-31)17-20(26)5-6-21-22-7-8-24(27(22,2)11-9-23(21)26)25(32)18-30-15-14-29-19-30/h14-15,19-24,31,33H,4-9,11-13,16-18H2,1-2H3/t20-,21?,22?,23?,24?,26+,27+,28+/m1/s1. The molecule has 4 saturated carbocycles. The Morgan fingerprint density at radius 2 is 1.91 bits per heavy atom. The summed E-state index contributed by atoms with van der Waals surface area (Å²) in [5.74, 6) is 9.23. The average molecular weight is 453 g/mol. The first-order valence-electron chi connectivity index (χ1n) is 13.1. The molecule has 5 nitrogen and oxygen atoms in total. The van der Waals surface area contributed by atoms with Gasteiger partial charge in [0.1, 0.15) is 5.60 Å². The number of ketones is 1. The lowest BCUT2D eigenvalue weighted by Gasteiger charge is -2.61. The number of hydrogen-bond donors (Lipinski definition) is 2. The van der Waals surface area contributed by atoms with E-state index < -0.39 is 5.60 Å². The summed E-state index contributed by atoms with van der Waals surface area (Å²) in [7, 11) is 0. The number of carbonyl (C=O) groups excluding carboxylic acids is 1. The molecule has 2 N–H and O–H groups in total. The van der Waals surface area contributed by atoms with Crippen molar-refractivity contribution in [2.24, 2.45) is 40.4 Å². The topological polar surface area (TPSA) is 75.3 Å². The smallest absolute Gasteiger partial charge is 0.156 e. The second kappa shape index (κ2) is 8.54. The lowest BCUT2D eigenvalue weighted by molar-refractivity contribution is -0.145. The maximum Gasteiger partial charge on any atom is 0.156 e. The first-order chi connectivity index (χ1) is 15.8. The van der Waals surface area contributed by atoms with Crippen molar-refractivity contribution >= 4 is 5.78 Å². The molecule has 1 aromatic rings. The number of nitrogens with zero attached hydrogens (tertiary/aromatic N) is 2. The Bertz CT molecular complexity index is 933. The van der Waals surface area contributed by atoms with Gasteiger partial charge in [0.15, 0.2) is 5.78 Å². The minimum atomic E-state index is -0.881. The molecule has 5 heteroatoms. The van der Waals surface area contributed by atoms with Crippen molar-refractivity contribution in [3.8, 4) is 11.8 Å². The van der Waals surface area contributed by atoms with Crippen LogP contribution in [0.4, 0.5) is 0 Å². The highest BCUT2D eigenvalue weighted by Crippen LogP contribution is 2.68. The Hall–Kier alpha value is -1.64. The molecule has 0 spiro atoms. The van der Waals surface area contributed by atoms with Crippen molar-refractivity contribution in [1.29, 1.82) is 0 Å². The van der Waals surface area contributed by atoms with Gasteiger partial charge in [0.2, 0.25) is 0 Å². The molecule has 1 aromatic heterocycles. The Labute approximate surface area is 198 Å². The highest BCUT2D eigenvalue weighted by Gasteiger charge is 2.62. The van der Waals surface area contributed by atoms with Crippen LogP contribution in [0.3, 0.4) is 0 Å². The van der Waals surface area contributed by atoms with Gasteiger partial charge in [-0.3, -0.25) is 4.79 Å². The molecular weight excluding hydrogens is 412 g/mol. The average Bonchev–Trinajstić information content (AvgIpc) is 3.41. The third-order valence-corrected chi connectivity index (χ3v) is 10.6. The summed E-state index contributed by atoms with van der Waals surface area (Å²) in [5, 5.41) is 20.2. The van der Waals surface area contributed by atoms with Gasteiger partial charge in [-0.05, 0) is 92.3 Å². The lowest BCUT2D eigenvalue weighted by Crippen LogP contribution is -2.56. The summed E-state index contributed by atoms with van der Waals surface area (Å²) in [5.41, 5.74) is -0.477. The molecule has 5 rings (SSSR count). The van der Waals surface area contributed by atoms with Gasteiger partial charge < -0.3 is 14.8 Å². The van der Waals surface area contributed by atoms with E-state index in [2.05, 4.69) is 30.7 Å². The van der Waals surface area contributed by atoms with E-state index in [1.807, 2.05) is 10.8 Å². The second-order valence-electron chi connectivity index (χ2n) is 12.0. The third kappa shape index (κ3) is 3.88. The Kier molecular flexibility index (Phi) is 5.98. The van der Waals surface area contributed by atoms with Crippen LogP contribution in [-0.4, -0.2) is 37.8 Å². The number of aliphatic hydroxyl groups excluding tert-OH is 1. The number of Topliss-reactive ketones (excluding diaryl/α,β-unsaturated/α-hetero) is 1. The van der Waals surface area contributed by atoms with Crippen LogP contribution in [0.1, 0.15) is 78.1 Å². The van der Waals surface area contributed by atoms with Gasteiger partial charge in [-0.25, -0.2) is 4.98 Å². The SMILES string of the molecule is C[C@]12CCC3C(CC[C@@H]4C[C@](O)(C#CCCO)CC[C@]34C)C1CCC2C(=O)Cn1ccnc1. The molecular formula is C28H40N2O3. The van der Waals surface area contributed by atoms with Gasteiger partial charge in [-0.1, -0.05) is 25.7 Å².